The molecule has 2 rings (SSSR count). The van der Waals surface area contributed by atoms with Gasteiger partial charge in [-0.2, -0.15) is 10.4 Å². The number of halogens is 1. The van der Waals surface area contributed by atoms with Gasteiger partial charge < -0.3 is 9.47 Å². The second kappa shape index (κ2) is 9.00. The van der Waals surface area contributed by atoms with E-state index in [4.69, 9.17) is 14.7 Å². The molecule has 0 saturated heterocycles. The maximum Gasteiger partial charge on any atom is 0.176 e. The zero-order chi connectivity index (χ0) is 16.5. The number of para-hydroxylation sites is 1. The summed E-state index contributed by atoms with van der Waals surface area (Å²) in [5.74, 6) is 1.19. The topological polar surface area (TPSA) is 66.6 Å². The molecule has 0 bridgehead atoms. The van der Waals surface area contributed by atoms with E-state index < -0.39 is 0 Å². The molecule has 2 aromatic carbocycles. The molecule has 0 aliphatic heterocycles. The molecule has 0 spiro atoms. The van der Waals surface area contributed by atoms with Crippen molar-refractivity contribution in [2.24, 2.45) is 5.10 Å². The van der Waals surface area contributed by atoms with E-state index in [2.05, 4.69) is 33.1 Å². The van der Waals surface area contributed by atoms with Crippen LogP contribution in [-0.2, 0) is 0 Å². The number of nitrogens with zero attached hydrogens (tertiary/aromatic N) is 2. The Morgan fingerprint density at radius 2 is 2.04 bits per heavy atom. The molecule has 5 nitrogen and oxygen atoms in total. The highest BCUT2D eigenvalue weighted by Gasteiger charge is 2.11. The molecule has 0 atom stereocenters. The number of rotatable bonds is 7. The van der Waals surface area contributed by atoms with E-state index in [1.54, 1.807) is 6.21 Å². The van der Waals surface area contributed by atoms with Crippen LogP contribution in [0.1, 0.15) is 12.5 Å². The smallest absolute Gasteiger partial charge is 0.176 e. The van der Waals surface area contributed by atoms with Crippen molar-refractivity contribution in [1.29, 1.82) is 5.26 Å². The normalized spacial score (nSPS) is 10.3. The van der Waals surface area contributed by atoms with Gasteiger partial charge in [0.1, 0.15) is 6.07 Å². The van der Waals surface area contributed by atoms with Crippen LogP contribution >= 0.6 is 22.6 Å². The number of hydrogen-bond donors (Lipinski definition) is 1. The van der Waals surface area contributed by atoms with Crippen molar-refractivity contribution in [2.75, 3.05) is 18.6 Å². The van der Waals surface area contributed by atoms with Crippen molar-refractivity contribution in [3.05, 3.63) is 51.6 Å². The van der Waals surface area contributed by atoms with Crippen LogP contribution in [0.25, 0.3) is 0 Å². The molecule has 0 saturated carbocycles. The second-order valence-corrected chi connectivity index (χ2v) is 5.61. The Balaban J connectivity index is 2.17. The van der Waals surface area contributed by atoms with Crippen molar-refractivity contribution < 1.29 is 9.47 Å². The van der Waals surface area contributed by atoms with Gasteiger partial charge in [0.15, 0.2) is 18.1 Å². The quantitative estimate of drug-likeness (QED) is 0.417. The third-order valence-electron chi connectivity index (χ3n) is 2.79. The SMILES string of the molecule is CCOc1cc(/C=N/Nc2ccccc2)cc(I)c1OCC#N. The third kappa shape index (κ3) is 5.14. The molecular weight excluding hydrogens is 405 g/mol. The number of anilines is 1. The zero-order valence-electron chi connectivity index (χ0n) is 12.6. The molecule has 0 radical (unpaired) electrons. The van der Waals surface area contributed by atoms with Crippen LogP contribution in [0.4, 0.5) is 5.69 Å². The van der Waals surface area contributed by atoms with Crippen LogP contribution < -0.4 is 14.9 Å². The van der Waals surface area contributed by atoms with Gasteiger partial charge in [-0.1, -0.05) is 18.2 Å². The van der Waals surface area contributed by atoms with Gasteiger partial charge in [-0.25, -0.2) is 0 Å². The average Bonchev–Trinajstić information content (AvgIpc) is 2.55. The van der Waals surface area contributed by atoms with E-state index in [-0.39, 0.29) is 6.61 Å². The van der Waals surface area contributed by atoms with E-state index in [0.29, 0.717) is 18.1 Å². The molecular formula is C17H16IN3O2. The first-order chi connectivity index (χ1) is 11.2. The first-order valence-electron chi connectivity index (χ1n) is 7.04. The Bertz CT molecular complexity index is 712. The van der Waals surface area contributed by atoms with Gasteiger partial charge in [-0.05, 0) is 59.3 Å². The van der Waals surface area contributed by atoms with Gasteiger partial charge in [0, 0.05) is 0 Å². The summed E-state index contributed by atoms with van der Waals surface area (Å²) in [6.45, 7) is 2.40. The summed E-state index contributed by atoms with van der Waals surface area (Å²) in [5.41, 5.74) is 4.76. The molecule has 118 valence electrons. The summed E-state index contributed by atoms with van der Waals surface area (Å²) in [7, 11) is 0. The fourth-order valence-corrected chi connectivity index (χ4v) is 2.65. The molecule has 2 aromatic rings. The minimum Gasteiger partial charge on any atom is -0.490 e. The number of benzene rings is 2. The lowest BCUT2D eigenvalue weighted by Gasteiger charge is -2.12. The van der Waals surface area contributed by atoms with Crippen molar-refractivity contribution in [1.82, 2.24) is 0 Å². The van der Waals surface area contributed by atoms with Gasteiger partial charge >= 0.3 is 0 Å². The summed E-state index contributed by atoms with van der Waals surface area (Å²) in [4.78, 5) is 0. The van der Waals surface area contributed by atoms with Gasteiger partial charge in [0.2, 0.25) is 0 Å². The highest BCUT2D eigenvalue weighted by Crippen LogP contribution is 2.33. The second-order valence-electron chi connectivity index (χ2n) is 4.45. The molecule has 0 aliphatic carbocycles. The Morgan fingerprint density at radius 1 is 1.26 bits per heavy atom. The van der Waals surface area contributed by atoms with Crippen molar-refractivity contribution in [2.45, 2.75) is 6.92 Å². The molecule has 0 aromatic heterocycles. The van der Waals surface area contributed by atoms with Crippen LogP contribution in [0.2, 0.25) is 0 Å². The molecule has 0 aliphatic rings. The minimum absolute atomic E-state index is 0.0148. The Morgan fingerprint density at radius 3 is 2.74 bits per heavy atom. The van der Waals surface area contributed by atoms with Crippen molar-refractivity contribution in [3.8, 4) is 17.6 Å². The largest absolute Gasteiger partial charge is 0.490 e. The van der Waals surface area contributed by atoms with Gasteiger partial charge in [0.25, 0.3) is 0 Å². The lowest BCUT2D eigenvalue weighted by atomic mass is 10.2. The number of nitrogens with one attached hydrogen (secondary N) is 1. The Kier molecular flexibility index (Phi) is 6.69. The first kappa shape index (κ1) is 17.1. The van der Waals surface area contributed by atoms with Crippen LogP contribution in [0.15, 0.2) is 47.6 Å². The summed E-state index contributed by atoms with van der Waals surface area (Å²) < 4.78 is 11.9. The molecule has 0 unspecified atom stereocenters. The highest BCUT2D eigenvalue weighted by atomic mass is 127. The van der Waals surface area contributed by atoms with E-state index >= 15 is 0 Å². The standard InChI is InChI=1S/C17H16IN3O2/c1-2-22-16-11-13(10-15(18)17(16)23-9-8-19)12-20-21-14-6-4-3-5-7-14/h3-7,10-12,21H,2,9H2,1H3/b20-12+. The lowest BCUT2D eigenvalue weighted by molar-refractivity contribution is 0.297. The molecule has 0 fully saturated rings. The number of nitriles is 1. The van der Waals surface area contributed by atoms with Crippen LogP contribution in [0, 0.1) is 14.9 Å². The van der Waals surface area contributed by atoms with E-state index in [0.717, 1.165) is 14.8 Å². The molecule has 0 heterocycles. The fourth-order valence-electron chi connectivity index (χ4n) is 1.86. The average molecular weight is 421 g/mol. The van der Waals surface area contributed by atoms with Gasteiger partial charge in [0.05, 0.1) is 22.1 Å². The molecule has 1 N–H and O–H groups in total. The van der Waals surface area contributed by atoms with E-state index in [9.17, 15) is 0 Å². The summed E-state index contributed by atoms with van der Waals surface area (Å²) >= 11 is 2.16. The Hall–Kier alpha value is -2.27. The third-order valence-corrected chi connectivity index (χ3v) is 3.60. The number of hydrazone groups is 1. The van der Waals surface area contributed by atoms with Crippen LogP contribution in [0.5, 0.6) is 11.5 Å². The predicted molar refractivity (Wildman–Crippen MR) is 99.1 cm³/mol. The van der Waals surface area contributed by atoms with E-state index in [1.807, 2.05) is 55.5 Å². The van der Waals surface area contributed by atoms with Gasteiger partial charge in [-0.3, -0.25) is 5.43 Å². The highest BCUT2D eigenvalue weighted by molar-refractivity contribution is 14.1. The summed E-state index contributed by atoms with van der Waals surface area (Å²) in [6, 6.07) is 15.4. The van der Waals surface area contributed by atoms with Crippen molar-refractivity contribution in [3.63, 3.8) is 0 Å². The maximum atomic E-state index is 8.67. The maximum absolute atomic E-state index is 8.67. The summed E-state index contributed by atoms with van der Waals surface area (Å²) in [5, 5.41) is 12.9. The fraction of sp³-hybridized carbons (Fsp3) is 0.176. The predicted octanol–water partition coefficient (Wildman–Crippen LogP) is 4.04. The van der Waals surface area contributed by atoms with Crippen LogP contribution in [0.3, 0.4) is 0 Å². The zero-order valence-corrected chi connectivity index (χ0v) is 14.8. The Labute approximate surface area is 149 Å². The molecule has 6 heteroatoms. The minimum atomic E-state index is -0.0148. The van der Waals surface area contributed by atoms with E-state index in [1.165, 1.54) is 0 Å². The summed E-state index contributed by atoms with van der Waals surface area (Å²) in [6.07, 6.45) is 1.71. The molecule has 0 amide bonds. The molecule has 23 heavy (non-hydrogen) atoms. The monoisotopic (exact) mass is 421 g/mol. The number of hydrogen-bond acceptors (Lipinski definition) is 5. The lowest BCUT2D eigenvalue weighted by Crippen LogP contribution is -2.02. The van der Waals surface area contributed by atoms with Crippen LogP contribution in [-0.4, -0.2) is 19.4 Å². The first-order valence-corrected chi connectivity index (χ1v) is 8.12. The number of ether oxygens (including phenoxy) is 2. The van der Waals surface area contributed by atoms with Gasteiger partial charge in [-0.15, -0.1) is 0 Å². The van der Waals surface area contributed by atoms with Crippen molar-refractivity contribution >= 4 is 34.5 Å².